The van der Waals surface area contributed by atoms with E-state index in [-0.39, 0.29) is 30.5 Å². The van der Waals surface area contributed by atoms with E-state index in [1.165, 1.54) is 30.7 Å². The molecule has 0 fully saturated rings. The average molecular weight is 596 g/mol. The van der Waals surface area contributed by atoms with Gasteiger partial charge in [0.25, 0.3) is 0 Å². The van der Waals surface area contributed by atoms with Gasteiger partial charge in [-0.05, 0) is 24.5 Å². The van der Waals surface area contributed by atoms with Crippen molar-refractivity contribution in [2.24, 2.45) is 5.92 Å². The molecule has 3 aromatic rings. The van der Waals surface area contributed by atoms with Crippen LogP contribution in [0.2, 0.25) is 0 Å². The third-order valence-electron chi connectivity index (χ3n) is 5.77. The number of ketones is 1. The van der Waals surface area contributed by atoms with Gasteiger partial charge in [-0.1, -0.05) is 26.0 Å². The summed E-state index contributed by atoms with van der Waals surface area (Å²) in [7, 11) is 0. The van der Waals surface area contributed by atoms with Gasteiger partial charge in [-0.25, -0.2) is 18.2 Å². The van der Waals surface area contributed by atoms with Crippen molar-refractivity contribution < 1.29 is 45.9 Å². The molecule has 0 saturated carbocycles. The molecule has 0 aliphatic rings. The standard InChI is InChI=1S/C27H26F5N5O5/c1-13(2)7-20(37-27(41)26(40)35-18-6-4-3-5-15(18)28)25(39)36-19(8-14-10-33-12-34-14)21(38)11-42-24-22(31)16(29)9-17(30)23(24)32/h3-6,9-10,12-13,19-20H,7-8,11H2,1-2H3,(H,33,34)(H,35,40)(H,36,39)(H,37,41)/t19-,20+/m1/s1. The first kappa shape index (κ1) is 31.7. The molecule has 4 N–H and O–H groups in total. The Morgan fingerprint density at radius 2 is 1.57 bits per heavy atom. The van der Waals surface area contributed by atoms with Crippen molar-refractivity contribution in [2.75, 3.05) is 11.9 Å². The van der Waals surface area contributed by atoms with Gasteiger partial charge in [-0.15, -0.1) is 0 Å². The summed E-state index contributed by atoms with van der Waals surface area (Å²) in [5.41, 5.74) is 0.0790. The summed E-state index contributed by atoms with van der Waals surface area (Å²) in [5, 5.41) is 6.73. The van der Waals surface area contributed by atoms with Crippen molar-refractivity contribution in [3.8, 4) is 5.75 Å². The van der Waals surface area contributed by atoms with Crippen LogP contribution in [-0.2, 0) is 25.6 Å². The van der Waals surface area contributed by atoms with Crippen LogP contribution in [0.15, 0.2) is 42.9 Å². The monoisotopic (exact) mass is 595 g/mol. The molecule has 15 heteroatoms. The van der Waals surface area contributed by atoms with Crippen LogP contribution in [0.25, 0.3) is 0 Å². The number of H-pyrrole nitrogens is 1. The van der Waals surface area contributed by atoms with Gasteiger partial charge in [0.15, 0.2) is 23.2 Å². The van der Waals surface area contributed by atoms with E-state index in [2.05, 4.69) is 25.9 Å². The number of aromatic nitrogens is 2. The zero-order chi connectivity index (χ0) is 31.0. The lowest BCUT2D eigenvalue weighted by Crippen LogP contribution is -2.54. The van der Waals surface area contributed by atoms with Crippen molar-refractivity contribution in [1.82, 2.24) is 20.6 Å². The molecule has 0 aliphatic carbocycles. The van der Waals surface area contributed by atoms with Crippen LogP contribution >= 0.6 is 0 Å². The molecule has 224 valence electrons. The fourth-order valence-corrected chi connectivity index (χ4v) is 3.72. The number of carbonyl (C=O) groups excluding carboxylic acids is 4. The zero-order valence-corrected chi connectivity index (χ0v) is 22.3. The van der Waals surface area contributed by atoms with Crippen molar-refractivity contribution in [3.63, 3.8) is 0 Å². The Hall–Kier alpha value is -4.82. The first-order valence-electron chi connectivity index (χ1n) is 12.5. The third-order valence-corrected chi connectivity index (χ3v) is 5.77. The average Bonchev–Trinajstić information content (AvgIpc) is 3.45. The molecular weight excluding hydrogens is 569 g/mol. The van der Waals surface area contributed by atoms with E-state index >= 15 is 0 Å². The normalized spacial score (nSPS) is 12.4. The molecule has 0 aliphatic heterocycles. The van der Waals surface area contributed by atoms with Crippen molar-refractivity contribution in [3.05, 3.63) is 77.6 Å². The van der Waals surface area contributed by atoms with Crippen LogP contribution < -0.4 is 20.7 Å². The fourth-order valence-electron chi connectivity index (χ4n) is 3.72. The number of Topliss-reactive ketones (excluding diaryl/α,β-unsaturated/α-hetero) is 1. The molecule has 2 aromatic carbocycles. The number of nitrogens with zero attached hydrogens (tertiary/aromatic N) is 1. The number of aromatic amines is 1. The van der Waals surface area contributed by atoms with Crippen LogP contribution in [0.4, 0.5) is 27.6 Å². The van der Waals surface area contributed by atoms with Gasteiger partial charge in [0.05, 0.1) is 18.1 Å². The zero-order valence-electron chi connectivity index (χ0n) is 22.3. The Balaban J connectivity index is 1.75. The van der Waals surface area contributed by atoms with E-state index in [4.69, 9.17) is 4.74 Å². The molecule has 2 atom stereocenters. The van der Waals surface area contributed by atoms with E-state index in [0.29, 0.717) is 5.69 Å². The lowest BCUT2D eigenvalue weighted by Gasteiger charge is -2.24. The highest BCUT2D eigenvalue weighted by Gasteiger charge is 2.30. The number of halogens is 5. The van der Waals surface area contributed by atoms with E-state index in [9.17, 15) is 41.1 Å². The predicted molar refractivity (Wildman–Crippen MR) is 137 cm³/mol. The first-order chi connectivity index (χ1) is 19.9. The minimum atomic E-state index is -1.86. The minimum absolute atomic E-state index is 0.00497. The number of hydrogen-bond acceptors (Lipinski definition) is 6. The summed E-state index contributed by atoms with van der Waals surface area (Å²) in [5.74, 6) is -14.1. The molecular formula is C27H26F5N5O5. The molecule has 3 rings (SSSR count). The van der Waals surface area contributed by atoms with E-state index < -0.39 is 77.0 Å². The number of imidazole rings is 1. The molecule has 42 heavy (non-hydrogen) atoms. The number of para-hydroxylation sites is 1. The van der Waals surface area contributed by atoms with Gasteiger partial charge in [-0.2, -0.15) is 8.78 Å². The maximum atomic E-state index is 14.0. The predicted octanol–water partition coefficient (Wildman–Crippen LogP) is 2.95. The number of ether oxygens (including phenoxy) is 1. The highest BCUT2D eigenvalue weighted by molar-refractivity contribution is 6.40. The van der Waals surface area contributed by atoms with Gasteiger partial charge >= 0.3 is 11.8 Å². The maximum absolute atomic E-state index is 14.0. The largest absolute Gasteiger partial charge is 0.479 e. The number of carbonyl (C=O) groups is 4. The van der Waals surface area contributed by atoms with E-state index in [1.54, 1.807) is 13.8 Å². The third kappa shape index (κ3) is 8.34. The summed E-state index contributed by atoms with van der Waals surface area (Å²) in [6, 6.07) is 2.28. The second-order valence-corrected chi connectivity index (χ2v) is 9.48. The molecule has 1 heterocycles. The van der Waals surface area contributed by atoms with Crippen LogP contribution in [0, 0.1) is 35.0 Å². The summed E-state index contributed by atoms with van der Waals surface area (Å²) in [6.45, 7) is 2.32. The SMILES string of the molecule is CC(C)C[C@H](NC(=O)C(=O)Nc1ccccc1F)C(=O)N[C@H](Cc1cnc[nH]1)C(=O)COc1c(F)c(F)cc(F)c1F. The Morgan fingerprint density at radius 3 is 2.17 bits per heavy atom. The van der Waals surface area contributed by atoms with Gasteiger partial charge in [0.2, 0.25) is 17.5 Å². The lowest BCUT2D eigenvalue weighted by atomic mass is 10.0. The second-order valence-electron chi connectivity index (χ2n) is 9.48. The quantitative estimate of drug-likeness (QED) is 0.144. The number of hydrogen-bond donors (Lipinski definition) is 4. The molecule has 10 nitrogen and oxygen atoms in total. The topological polar surface area (TPSA) is 142 Å². The van der Waals surface area contributed by atoms with Crippen LogP contribution in [0.1, 0.15) is 26.0 Å². The number of amides is 3. The molecule has 0 spiro atoms. The molecule has 3 amide bonds. The van der Waals surface area contributed by atoms with Gasteiger partial charge in [0.1, 0.15) is 18.5 Å². The number of rotatable bonds is 12. The summed E-state index contributed by atoms with van der Waals surface area (Å²) >= 11 is 0. The summed E-state index contributed by atoms with van der Waals surface area (Å²) < 4.78 is 73.6. The highest BCUT2D eigenvalue weighted by Crippen LogP contribution is 2.26. The van der Waals surface area contributed by atoms with Crippen molar-refractivity contribution >= 4 is 29.2 Å². The molecule has 0 bridgehead atoms. The Bertz CT molecular complexity index is 1430. The highest BCUT2D eigenvalue weighted by atomic mass is 19.2. The Kier molecular flexibility index (Phi) is 10.7. The van der Waals surface area contributed by atoms with Gasteiger partial charge in [0, 0.05) is 24.4 Å². The minimum Gasteiger partial charge on any atom is -0.479 e. The molecule has 0 saturated heterocycles. The lowest BCUT2D eigenvalue weighted by molar-refractivity contribution is -0.138. The van der Waals surface area contributed by atoms with Gasteiger partial charge in [-0.3, -0.25) is 19.2 Å². The number of nitrogens with one attached hydrogen (secondary N) is 4. The molecule has 0 radical (unpaired) electrons. The van der Waals surface area contributed by atoms with Crippen LogP contribution in [0.3, 0.4) is 0 Å². The number of benzene rings is 2. The first-order valence-corrected chi connectivity index (χ1v) is 12.5. The second kappa shape index (κ2) is 14.2. The van der Waals surface area contributed by atoms with Crippen molar-refractivity contribution in [2.45, 2.75) is 38.8 Å². The maximum Gasteiger partial charge on any atom is 0.313 e. The Morgan fingerprint density at radius 1 is 0.905 bits per heavy atom. The van der Waals surface area contributed by atoms with Crippen LogP contribution in [0.5, 0.6) is 5.75 Å². The van der Waals surface area contributed by atoms with Gasteiger partial charge < -0.3 is 25.7 Å². The van der Waals surface area contributed by atoms with Crippen molar-refractivity contribution in [1.29, 1.82) is 0 Å². The molecule has 0 unspecified atom stereocenters. The Labute approximate surface area is 236 Å². The van der Waals surface area contributed by atoms with Crippen LogP contribution in [-0.4, -0.2) is 52.2 Å². The van der Waals surface area contributed by atoms with E-state index in [0.717, 1.165) is 6.07 Å². The summed E-state index contributed by atoms with van der Waals surface area (Å²) in [4.78, 5) is 57.6. The number of anilines is 1. The smallest absolute Gasteiger partial charge is 0.313 e. The summed E-state index contributed by atoms with van der Waals surface area (Å²) in [6.07, 6.45) is 2.39. The fraction of sp³-hybridized carbons (Fsp3) is 0.296. The van der Waals surface area contributed by atoms with E-state index in [1.807, 2.05) is 0 Å². The molecule has 1 aromatic heterocycles.